The van der Waals surface area contributed by atoms with Gasteiger partial charge >= 0.3 is 0 Å². The second-order valence-electron chi connectivity index (χ2n) is 4.45. The maximum absolute atomic E-state index is 5.77. The summed E-state index contributed by atoms with van der Waals surface area (Å²) in [5.74, 6) is 1.03. The summed E-state index contributed by atoms with van der Waals surface area (Å²) in [7, 11) is 0. The molecular formula is C14H19N3S. The van der Waals surface area contributed by atoms with Gasteiger partial charge in [0.1, 0.15) is 0 Å². The number of nitrogens with zero attached hydrogens (tertiary/aromatic N) is 2. The molecule has 1 atom stereocenters. The first-order valence-electron chi connectivity index (χ1n) is 6.19. The van der Waals surface area contributed by atoms with Gasteiger partial charge < -0.3 is 5.73 Å². The minimum atomic E-state index is 0.196. The first kappa shape index (κ1) is 13.2. The number of thioether (sulfide) groups is 1. The Labute approximate surface area is 112 Å². The zero-order valence-corrected chi connectivity index (χ0v) is 11.4. The van der Waals surface area contributed by atoms with E-state index in [9.17, 15) is 0 Å². The second-order valence-corrected chi connectivity index (χ2v) is 5.62. The average molecular weight is 261 g/mol. The monoisotopic (exact) mass is 261 g/mol. The fourth-order valence-electron chi connectivity index (χ4n) is 1.78. The van der Waals surface area contributed by atoms with Gasteiger partial charge in [-0.25, -0.2) is 0 Å². The van der Waals surface area contributed by atoms with E-state index in [-0.39, 0.29) is 6.04 Å². The molecule has 1 aromatic heterocycles. The van der Waals surface area contributed by atoms with Crippen LogP contribution in [0.4, 0.5) is 0 Å². The maximum atomic E-state index is 5.77. The zero-order chi connectivity index (χ0) is 12.8. The summed E-state index contributed by atoms with van der Waals surface area (Å²) < 4.78 is 1.99. The second kappa shape index (κ2) is 6.61. The summed E-state index contributed by atoms with van der Waals surface area (Å²) in [5, 5.41) is 4.35. The lowest BCUT2D eigenvalue weighted by molar-refractivity contribution is 0.664. The molecule has 0 bridgehead atoms. The molecule has 2 N–H and O–H groups in total. The molecular weight excluding hydrogens is 242 g/mol. The molecule has 2 aromatic rings. The molecule has 0 aliphatic carbocycles. The first-order chi connectivity index (χ1) is 8.74. The van der Waals surface area contributed by atoms with Gasteiger partial charge in [-0.2, -0.15) is 5.10 Å². The number of hydrogen-bond acceptors (Lipinski definition) is 3. The third-order valence-electron chi connectivity index (χ3n) is 2.58. The normalized spacial score (nSPS) is 12.6. The number of aromatic nitrogens is 2. The highest BCUT2D eigenvalue weighted by atomic mass is 32.2. The van der Waals surface area contributed by atoms with Crippen LogP contribution in [0.5, 0.6) is 0 Å². The van der Waals surface area contributed by atoms with Crippen LogP contribution in [0.2, 0.25) is 0 Å². The molecule has 0 amide bonds. The summed E-state index contributed by atoms with van der Waals surface area (Å²) >= 11 is 1.85. The lowest BCUT2D eigenvalue weighted by atomic mass is 10.1. The first-order valence-corrected chi connectivity index (χ1v) is 7.17. The van der Waals surface area contributed by atoms with E-state index >= 15 is 0 Å². The van der Waals surface area contributed by atoms with E-state index in [2.05, 4.69) is 35.6 Å². The molecule has 1 unspecified atom stereocenters. The minimum Gasteiger partial charge on any atom is -0.328 e. The van der Waals surface area contributed by atoms with Gasteiger partial charge in [0.25, 0.3) is 0 Å². The topological polar surface area (TPSA) is 43.8 Å². The standard InChI is InChI=1S/C14H19N3S/c1-12(15)9-13-10-16-17(11-13)7-8-18-14-5-3-2-4-6-14/h2-6,10-12H,7-9,15H2,1H3. The van der Waals surface area contributed by atoms with Crippen molar-refractivity contribution in [1.82, 2.24) is 9.78 Å². The quantitative estimate of drug-likeness (QED) is 0.813. The van der Waals surface area contributed by atoms with E-state index in [0.29, 0.717) is 0 Å². The van der Waals surface area contributed by atoms with Crippen LogP contribution in [-0.4, -0.2) is 21.6 Å². The van der Waals surface area contributed by atoms with E-state index in [4.69, 9.17) is 5.73 Å². The van der Waals surface area contributed by atoms with E-state index < -0.39 is 0 Å². The van der Waals surface area contributed by atoms with Crippen molar-refractivity contribution >= 4 is 11.8 Å². The molecule has 1 heterocycles. The van der Waals surface area contributed by atoms with Crippen molar-refractivity contribution in [2.24, 2.45) is 5.73 Å². The molecule has 0 fully saturated rings. The molecule has 2 rings (SSSR count). The van der Waals surface area contributed by atoms with Crippen LogP contribution in [0.15, 0.2) is 47.6 Å². The van der Waals surface area contributed by atoms with Crippen molar-refractivity contribution in [2.45, 2.75) is 30.8 Å². The Bertz CT molecular complexity index is 465. The third-order valence-corrected chi connectivity index (χ3v) is 3.57. The largest absolute Gasteiger partial charge is 0.328 e. The molecule has 3 nitrogen and oxygen atoms in total. The molecule has 1 aromatic carbocycles. The number of aryl methyl sites for hydroxylation is 1. The van der Waals surface area contributed by atoms with E-state index in [1.54, 1.807) is 0 Å². The SMILES string of the molecule is CC(N)Cc1cnn(CCSc2ccccc2)c1. The molecule has 0 spiro atoms. The predicted octanol–water partition coefficient (Wildman–Crippen LogP) is 2.57. The third kappa shape index (κ3) is 4.20. The van der Waals surface area contributed by atoms with Crippen molar-refractivity contribution in [3.63, 3.8) is 0 Å². The van der Waals surface area contributed by atoms with Gasteiger partial charge in [-0.3, -0.25) is 4.68 Å². The molecule has 0 saturated carbocycles. The smallest absolute Gasteiger partial charge is 0.0522 e. The Hall–Kier alpha value is -1.26. The van der Waals surface area contributed by atoms with Crippen molar-refractivity contribution in [3.8, 4) is 0 Å². The van der Waals surface area contributed by atoms with Crippen molar-refractivity contribution in [1.29, 1.82) is 0 Å². The number of hydrogen-bond donors (Lipinski definition) is 1. The Morgan fingerprint density at radius 3 is 2.83 bits per heavy atom. The minimum absolute atomic E-state index is 0.196. The van der Waals surface area contributed by atoms with Crippen LogP contribution in [0, 0.1) is 0 Å². The van der Waals surface area contributed by atoms with Gasteiger partial charge in [-0.1, -0.05) is 18.2 Å². The Balaban J connectivity index is 1.78. The van der Waals surface area contributed by atoms with Crippen LogP contribution >= 0.6 is 11.8 Å². The van der Waals surface area contributed by atoms with Crippen molar-refractivity contribution < 1.29 is 0 Å². The average Bonchev–Trinajstić information content (AvgIpc) is 2.77. The summed E-state index contributed by atoms with van der Waals surface area (Å²) in [4.78, 5) is 1.31. The lowest BCUT2D eigenvalue weighted by Crippen LogP contribution is -2.17. The molecule has 0 aliphatic heterocycles. The molecule has 0 radical (unpaired) electrons. The van der Waals surface area contributed by atoms with Crippen LogP contribution in [0.1, 0.15) is 12.5 Å². The van der Waals surface area contributed by atoms with Gasteiger partial charge in [-0.15, -0.1) is 11.8 Å². The summed E-state index contributed by atoms with van der Waals surface area (Å²) in [5.41, 5.74) is 6.99. The van der Waals surface area contributed by atoms with E-state index in [0.717, 1.165) is 18.7 Å². The van der Waals surface area contributed by atoms with E-state index in [1.807, 2.05) is 35.6 Å². The summed E-state index contributed by atoms with van der Waals surface area (Å²) in [6.07, 6.45) is 4.90. The van der Waals surface area contributed by atoms with Crippen molar-refractivity contribution in [2.75, 3.05) is 5.75 Å². The molecule has 0 aliphatic rings. The number of nitrogens with two attached hydrogens (primary N) is 1. The Morgan fingerprint density at radius 2 is 2.11 bits per heavy atom. The fraction of sp³-hybridized carbons (Fsp3) is 0.357. The highest BCUT2D eigenvalue weighted by Crippen LogP contribution is 2.17. The van der Waals surface area contributed by atoms with Crippen LogP contribution in [-0.2, 0) is 13.0 Å². The maximum Gasteiger partial charge on any atom is 0.0522 e. The van der Waals surface area contributed by atoms with Crippen LogP contribution in [0.25, 0.3) is 0 Å². The zero-order valence-electron chi connectivity index (χ0n) is 10.6. The van der Waals surface area contributed by atoms with Gasteiger partial charge in [0.2, 0.25) is 0 Å². The van der Waals surface area contributed by atoms with Crippen LogP contribution < -0.4 is 5.73 Å². The van der Waals surface area contributed by atoms with Gasteiger partial charge in [0.05, 0.1) is 12.7 Å². The molecule has 96 valence electrons. The fourth-order valence-corrected chi connectivity index (χ4v) is 2.64. The molecule has 0 saturated heterocycles. The number of rotatable bonds is 6. The highest BCUT2D eigenvalue weighted by molar-refractivity contribution is 7.99. The Kier molecular flexibility index (Phi) is 4.84. The van der Waals surface area contributed by atoms with Crippen molar-refractivity contribution in [3.05, 3.63) is 48.3 Å². The molecule has 18 heavy (non-hydrogen) atoms. The Morgan fingerprint density at radius 1 is 1.33 bits per heavy atom. The summed E-state index contributed by atoms with van der Waals surface area (Å²) in [6, 6.07) is 10.6. The predicted molar refractivity (Wildman–Crippen MR) is 76.7 cm³/mol. The highest BCUT2D eigenvalue weighted by Gasteiger charge is 2.01. The van der Waals surface area contributed by atoms with Crippen LogP contribution in [0.3, 0.4) is 0 Å². The summed E-state index contributed by atoms with van der Waals surface area (Å²) in [6.45, 7) is 2.95. The molecule has 4 heteroatoms. The van der Waals surface area contributed by atoms with E-state index in [1.165, 1.54) is 10.5 Å². The van der Waals surface area contributed by atoms with Gasteiger partial charge in [0, 0.05) is 22.9 Å². The lowest BCUT2D eigenvalue weighted by Gasteiger charge is -2.02. The van der Waals surface area contributed by atoms with Gasteiger partial charge in [-0.05, 0) is 31.0 Å². The van der Waals surface area contributed by atoms with Gasteiger partial charge in [0.15, 0.2) is 0 Å². The number of benzene rings is 1.